The molecule has 0 atom stereocenters. The quantitative estimate of drug-likeness (QED) is 0.303. The van der Waals surface area contributed by atoms with Crippen molar-refractivity contribution < 1.29 is 47.3 Å². The summed E-state index contributed by atoms with van der Waals surface area (Å²) in [6.45, 7) is 2.22. The summed E-state index contributed by atoms with van der Waals surface area (Å²) in [4.78, 5) is 0. The van der Waals surface area contributed by atoms with E-state index in [-0.39, 0.29) is 21.2 Å². The highest BCUT2D eigenvalue weighted by atomic mass is 127. The van der Waals surface area contributed by atoms with Gasteiger partial charge in [-0.05, 0) is 36.2 Å². The van der Waals surface area contributed by atoms with Crippen LogP contribution < -0.4 is 21.2 Å². The number of alkyl halides is 3. The molecule has 23 heavy (non-hydrogen) atoms. The van der Waals surface area contributed by atoms with Gasteiger partial charge in [-0.25, -0.2) is 8.42 Å². The van der Waals surface area contributed by atoms with E-state index in [1.165, 1.54) is 16.7 Å². The minimum absolute atomic E-state index is 0.0799. The van der Waals surface area contributed by atoms with Crippen LogP contribution in [0.15, 0.2) is 42.5 Å². The van der Waals surface area contributed by atoms with Gasteiger partial charge >= 0.3 is 26.7 Å². The molecule has 1 aliphatic rings. The van der Waals surface area contributed by atoms with Gasteiger partial charge in [0.25, 0.3) is 0 Å². The lowest BCUT2D eigenvalue weighted by Crippen LogP contribution is -3.61. The molecule has 124 valence electrons. The number of aryl methyl sites for hydroxylation is 1. The molecule has 0 aromatic heterocycles. The van der Waals surface area contributed by atoms with Crippen molar-refractivity contribution >= 4 is 10.1 Å². The first-order chi connectivity index (χ1) is 10.6. The van der Waals surface area contributed by atoms with Crippen LogP contribution in [-0.2, 0) is 16.5 Å². The Morgan fingerprint density at radius 1 is 1.04 bits per heavy atom. The fraction of sp³-hybridized carbons (Fsp3) is 0.200. The van der Waals surface area contributed by atoms with Gasteiger partial charge in [-0.15, -0.1) is 0 Å². The van der Waals surface area contributed by atoms with E-state index in [1.54, 1.807) is 7.14 Å². The van der Waals surface area contributed by atoms with Crippen molar-refractivity contribution in [1.29, 1.82) is 0 Å². The molecule has 3 rings (SSSR count). The summed E-state index contributed by atoms with van der Waals surface area (Å²) < 4.78 is 62.1. The zero-order valence-electron chi connectivity index (χ0n) is 11.9. The highest BCUT2D eigenvalue weighted by molar-refractivity contribution is 7.86. The van der Waals surface area contributed by atoms with Crippen LogP contribution in [-0.4, -0.2) is 18.5 Å². The minimum Gasteiger partial charge on any atom is -0.741 e. The average molecular weight is 456 g/mol. The molecule has 0 amide bonds. The van der Waals surface area contributed by atoms with Gasteiger partial charge in [-0.1, -0.05) is 25.1 Å². The van der Waals surface area contributed by atoms with E-state index in [4.69, 9.17) is 13.0 Å². The molecule has 3 nitrogen and oxygen atoms in total. The monoisotopic (exact) mass is 456 g/mol. The second-order valence-electron chi connectivity index (χ2n) is 4.64. The number of hydrogen-bond acceptors (Lipinski definition) is 3. The summed E-state index contributed by atoms with van der Waals surface area (Å²) in [6.07, 6.45) is 1.15. The molecule has 0 bridgehead atoms. The molecule has 0 radical (unpaired) electrons. The van der Waals surface area contributed by atoms with E-state index in [0.717, 1.165) is 6.42 Å². The highest BCUT2D eigenvalue weighted by Gasteiger charge is 2.37. The lowest BCUT2D eigenvalue weighted by Gasteiger charge is -2.08. The van der Waals surface area contributed by atoms with Gasteiger partial charge in [0.2, 0.25) is 7.14 Å². The summed E-state index contributed by atoms with van der Waals surface area (Å²) in [5.74, 6) is 0. The van der Waals surface area contributed by atoms with Crippen LogP contribution in [0.2, 0.25) is 0 Å². The van der Waals surface area contributed by atoms with E-state index < -0.39 is 15.6 Å². The summed E-state index contributed by atoms with van der Waals surface area (Å²) in [5, 5.41) is 0. The first kappa shape index (κ1) is 18.2. The Bertz CT molecular complexity index is 817. The molecule has 0 aliphatic carbocycles. The molecule has 0 unspecified atom stereocenters. The first-order valence-electron chi connectivity index (χ1n) is 6.53. The Labute approximate surface area is 142 Å². The van der Waals surface area contributed by atoms with Crippen molar-refractivity contribution in [1.82, 2.24) is 0 Å². The summed E-state index contributed by atoms with van der Waals surface area (Å²) in [7, 11) is -6.09. The topological polar surface area (TPSA) is 57.2 Å². The van der Waals surface area contributed by atoms with Gasteiger partial charge in [0.1, 0.15) is 0 Å². The largest absolute Gasteiger partial charge is 0.741 e. The Morgan fingerprint density at radius 3 is 2.17 bits per heavy atom. The van der Waals surface area contributed by atoms with Crippen molar-refractivity contribution in [3.05, 3.63) is 55.2 Å². The van der Waals surface area contributed by atoms with Crippen LogP contribution in [0.25, 0.3) is 11.1 Å². The first-order valence-corrected chi connectivity index (χ1v) is 10.1. The lowest BCUT2D eigenvalue weighted by molar-refractivity contribution is -0.589. The maximum absolute atomic E-state index is 10.7. The van der Waals surface area contributed by atoms with Crippen LogP contribution in [0.1, 0.15) is 12.5 Å². The molecule has 2 aromatic rings. The van der Waals surface area contributed by atoms with Gasteiger partial charge in [0.05, 0.1) is 0 Å². The fourth-order valence-electron chi connectivity index (χ4n) is 1.95. The van der Waals surface area contributed by atoms with E-state index in [1.807, 2.05) is 0 Å². The predicted molar refractivity (Wildman–Crippen MR) is 74.4 cm³/mol. The summed E-state index contributed by atoms with van der Waals surface area (Å²) in [5.41, 5.74) is -1.22. The van der Waals surface area contributed by atoms with Gasteiger partial charge in [-0.3, -0.25) is 0 Å². The van der Waals surface area contributed by atoms with Crippen molar-refractivity contribution in [2.45, 2.75) is 18.9 Å². The molecule has 1 heterocycles. The SMILES string of the molecule is CCc1ccc2c(c1)[I+]c1ccccc1-2.O=S(=O)([O-])C(F)(F)F. The minimum atomic E-state index is -6.09. The maximum Gasteiger partial charge on any atom is 0.485 e. The molecular weight excluding hydrogens is 444 g/mol. The Hall–Kier alpha value is -1.13. The molecule has 0 saturated heterocycles. The Kier molecular flexibility index (Phi) is 5.37. The van der Waals surface area contributed by atoms with Gasteiger partial charge < -0.3 is 4.55 Å². The van der Waals surface area contributed by atoms with E-state index in [9.17, 15) is 13.2 Å². The van der Waals surface area contributed by atoms with Gasteiger partial charge in [-0.2, -0.15) is 13.2 Å². The predicted octanol–water partition coefficient (Wildman–Crippen LogP) is 0.409. The molecular formula is C15H12F3IO3S. The number of hydrogen-bond donors (Lipinski definition) is 0. The third-order valence-electron chi connectivity index (χ3n) is 3.09. The summed E-state index contributed by atoms with van der Waals surface area (Å²) in [6, 6.07) is 15.8. The molecule has 0 fully saturated rings. The Balaban J connectivity index is 0.000000207. The molecule has 1 aliphatic heterocycles. The van der Waals surface area contributed by atoms with Crippen LogP contribution in [0.5, 0.6) is 0 Å². The third-order valence-corrected chi connectivity index (χ3v) is 6.66. The summed E-state index contributed by atoms with van der Waals surface area (Å²) >= 11 is 0.0799. The van der Waals surface area contributed by atoms with Crippen molar-refractivity contribution in [2.75, 3.05) is 0 Å². The highest BCUT2D eigenvalue weighted by Crippen LogP contribution is 2.23. The number of halogens is 4. The molecule has 0 saturated carbocycles. The van der Waals surface area contributed by atoms with Crippen molar-refractivity contribution in [2.24, 2.45) is 0 Å². The standard InChI is InChI=1S/C14H12I.CHF3O3S/c1-2-10-7-8-12-11-5-3-4-6-13(11)15-14(12)9-10;2-1(3,4)8(5,6)7/h3-9H,2H2,1H3;(H,5,6,7)/q+1;/p-1. The maximum atomic E-state index is 10.7. The molecule has 0 N–H and O–H groups in total. The molecule has 8 heteroatoms. The number of benzene rings is 2. The molecule has 2 aromatic carbocycles. The Morgan fingerprint density at radius 2 is 1.61 bits per heavy atom. The van der Waals surface area contributed by atoms with Crippen molar-refractivity contribution in [3.63, 3.8) is 0 Å². The zero-order chi connectivity index (χ0) is 17.3. The fourth-order valence-corrected chi connectivity index (χ4v) is 5.04. The third kappa shape index (κ3) is 4.24. The zero-order valence-corrected chi connectivity index (χ0v) is 14.9. The number of rotatable bonds is 1. The van der Waals surface area contributed by atoms with E-state index >= 15 is 0 Å². The normalized spacial score (nSPS) is 12.9. The van der Waals surface area contributed by atoms with Crippen LogP contribution in [0.3, 0.4) is 0 Å². The second-order valence-corrected chi connectivity index (χ2v) is 8.88. The van der Waals surface area contributed by atoms with Gasteiger partial charge in [0, 0.05) is 11.1 Å². The van der Waals surface area contributed by atoms with Crippen LogP contribution in [0.4, 0.5) is 13.2 Å². The van der Waals surface area contributed by atoms with E-state index in [0.29, 0.717) is 0 Å². The number of fused-ring (bicyclic) bond motifs is 3. The van der Waals surface area contributed by atoms with Gasteiger partial charge in [0.15, 0.2) is 10.1 Å². The van der Waals surface area contributed by atoms with Crippen LogP contribution >= 0.6 is 0 Å². The average Bonchev–Trinajstić information content (AvgIpc) is 2.83. The van der Waals surface area contributed by atoms with E-state index in [2.05, 4.69) is 49.4 Å². The molecule has 0 spiro atoms. The lowest BCUT2D eigenvalue weighted by atomic mass is 10.0. The van der Waals surface area contributed by atoms with Crippen molar-refractivity contribution in [3.8, 4) is 11.1 Å². The van der Waals surface area contributed by atoms with Crippen LogP contribution in [0, 0.1) is 7.14 Å². The second kappa shape index (κ2) is 6.78. The smallest absolute Gasteiger partial charge is 0.485 e.